The Morgan fingerprint density at radius 2 is 2.38 bits per heavy atom. The zero-order valence-electron chi connectivity index (χ0n) is 14.1. The largest absolute Gasteiger partial charge is 0.465 e. The number of carbonyl (C=O) groups excluding carboxylic acids is 2. The molecule has 0 radical (unpaired) electrons. The van der Waals surface area contributed by atoms with E-state index in [0.29, 0.717) is 19.7 Å². The fraction of sp³-hybridized carbons (Fsp3) is 0.778. The second-order valence-electron chi connectivity index (χ2n) is 7.27. The fourth-order valence-electron chi connectivity index (χ4n) is 4.45. The Bertz CT molecular complexity index is 556. The quantitative estimate of drug-likeness (QED) is 0.416. The summed E-state index contributed by atoms with van der Waals surface area (Å²) in [6.45, 7) is 4.34. The van der Waals surface area contributed by atoms with E-state index >= 15 is 0 Å². The topological polar surface area (TPSA) is 65.1 Å². The predicted octanol–water partition coefficient (Wildman–Crippen LogP) is 1.29. The van der Waals surface area contributed by atoms with E-state index in [0.717, 1.165) is 32.3 Å². The maximum Gasteiger partial charge on any atom is 0.312 e. The smallest absolute Gasteiger partial charge is 0.312 e. The van der Waals surface area contributed by atoms with Gasteiger partial charge in [0, 0.05) is 13.2 Å². The third-order valence-corrected chi connectivity index (χ3v) is 5.64. The van der Waals surface area contributed by atoms with Crippen LogP contribution < -0.4 is 0 Å². The molecule has 4 heterocycles. The van der Waals surface area contributed by atoms with Crippen LogP contribution in [-0.2, 0) is 23.8 Å². The van der Waals surface area contributed by atoms with Crippen molar-refractivity contribution in [2.24, 2.45) is 11.8 Å². The van der Waals surface area contributed by atoms with E-state index in [4.69, 9.17) is 14.2 Å². The van der Waals surface area contributed by atoms with Crippen molar-refractivity contribution in [1.82, 2.24) is 4.90 Å². The lowest BCUT2D eigenvalue weighted by molar-refractivity contribution is -0.154. The van der Waals surface area contributed by atoms with E-state index in [2.05, 4.69) is 6.92 Å². The molecule has 24 heavy (non-hydrogen) atoms. The summed E-state index contributed by atoms with van der Waals surface area (Å²) in [6, 6.07) is 0. The molecule has 2 unspecified atom stereocenters. The van der Waals surface area contributed by atoms with Crippen LogP contribution in [0.2, 0.25) is 0 Å². The van der Waals surface area contributed by atoms with Crippen LogP contribution in [0.5, 0.6) is 0 Å². The van der Waals surface area contributed by atoms with E-state index in [9.17, 15) is 9.59 Å². The Balaban J connectivity index is 1.48. The zero-order valence-corrected chi connectivity index (χ0v) is 14.1. The minimum Gasteiger partial charge on any atom is -0.465 e. The summed E-state index contributed by atoms with van der Waals surface area (Å²) in [6.07, 6.45) is 7.54. The maximum absolute atomic E-state index is 13.0. The van der Waals surface area contributed by atoms with Gasteiger partial charge in [0.1, 0.15) is 11.5 Å². The molecule has 2 bridgehead atoms. The van der Waals surface area contributed by atoms with Gasteiger partial charge in [-0.15, -0.1) is 0 Å². The number of hydrogen-bond acceptors (Lipinski definition) is 5. The second kappa shape index (κ2) is 6.15. The molecule has 4 rings (SSSR count). The van der Waals surface area contributed by atoms with Crippen LogP contribution in [-0.4, -0.2) is 60.9 Å². The summed E-state index contributed by atoms with van der Waals surface area (Å²) in [5.41, 5.74) is -0.644. The molecule has 4 aliphatic heterocycles. The Morgan fingerprint density at radius 3 is 3.12 bits per heavy atom. The molecule has 0 aromatic carbocycles. The molecule has 3 saturated heterocycles. The molecule has 1 spiro atoms. The highest BCUT2D eigenvalue weighted by molar-refractivity contribution is 5.91. The number of nitrogens with zero attached hydrogens (tertiary/aromatic N) is 1. The summed E-state index contributed by atoms with van der Waals surface area (Å²) in [5.74, 6) is -1.23. The lowest BCUT2D eigenvalue weighted by Crippen LogP contribution is -2.40. The van der Waals surface area contributed by atoms with Crippen molar-refractivity contribution in [1.29, 1.82) is 0 Å². The van der Waals surface area contributed by atoms with Gasteiger partial charge in [0.15, 0.2) is 0 Å². The lowest BCUT2D eigenvalue weighted by Gasteiger charge is -2.23. The van der Waals surface area contributed by atoms with E-state index in [1.165, 1.54) is 0 Å². The molecule has 0 saturated carbocycles. The average molecular weight is 335 g/mol. The molecule has 4 aliphatic rings. The molecule has 0 aromatic rings. The van der Waals surface area contributed by atoms with Gasteiger partial charge in [0.25, 0.3) is 0 Å². The van der Waals surface area contributed by atoms with Gasteiger partial charge in [-0.05, 0) is 19.3 Å². The van der Waals surface area contributed by atoms with Crippen molar-refractivity contribution in [2.75, 3.05) is 26.3 Å². The van der Waals surface area contributed by atoms with Crippen molar-refractivity contribution in [2.45, 2.75) is 50.4 Å². The summed E-state index contributed by atoms with van der Waals surface area (Å²) in [5, 5.41) is 0. The van der Waals surface area contributed by atoms with Crippen LogP contribution >= 0.6 is 0 Å². The number of amides is 1. The molecular weight excluding hydrogens is 310 g/mol. The Labute approximate surface area is 142 Å². The second-order valence-corrected chi connectivity index (χ2v) is 7.27. The summed E-state index contributed by atoms with van der Waals surface area (Å²) in [7, 11) is 0. The Morgan fingerprint density at radius 1 is 1.50 bits per heavy atom. The van der Waals surface area contributed by atoms with Gasteiger partial charge in [-0.2, -0.15) is 0 Å². The normalized spacial score (nSPS) is 39.7. The van der Waals surface area contributed by atoms with Crippen molar-refractivity contribution in [3.63, 3.8) is 0 Å². The van der Waals surface area contributed by atoms with E-state index in [1.54, 1.807) is 0 Å². The van der Waals surface area contributed by atoms with Gasteiger partial charge in [-0.25, -0.2) is 0 Å². The van der Waals surface area contributed by atoms with Crippen LogP contribution in [0.4, 0.5) is 0 Å². The SMILES string of the molecule is CCCCOC(=O)C1[C@H]2C(=O)N(CC3CCCO3)C[C@]23C=C[C@H]1O3. The van der Waals surface area contributed by atoms with E-state index in [1.807, 2.05) is 17.1 Å². The van der Waals surface area contributed by atoms with Gasteiger partial charge >= 0.3 is 5.97 Å². The van der Waals surface area contributed by atoms with Crippen molar-refractivity contribution in [3.8, 4) is 0 Å². The molecular formula is C18H25NO5. The predicted molar refractivity (Wildman–Crippen MR) is 85.1 cm³/mol. The Hall–Kier alpha value is -1.40. The molecule has 0 N–H and O–H groups in total. The number of fused-ring (bicyclic) bond motifs is 1. The van der Waals surface area contributed by atoms with Crippen molar-refractivity contribution >= 4 is 11.9 Å². The molecule has 132 valence electrons. The van der Waals surface area contributed by atoms with E-state index < -0.39 is 17.4 Å². The number of ether oxygens (including phenoxy) is 3. The number of esters is 1. The highest BCUT2D eigenvalue weighted by atomic mass is 16.6. The van der Waals surface area contributed by atoms with Gasteiger partial charge < -0.3 is 19.1 Å². The molecule has 0 aliphatic carbocycles. The molecule has 6 nitrogen and oxygen atoms in total. The van der Waals surface area contributed by atoms with Gasteiger partial charge in [-0.3, -0.25) is 9.59 Å². The first-order chi connectivity index (χ1) is 11.6. The molecule has 6 heteroatoms. The fourth-order valence-corrected chi connectivity index (χ4v) is 4.45. The third-order valence-electron chi connectivity index (χ3n) is 5.64. The number of unbranched alkanes of at least 4 members (excludes halogenated alkanes) is 1. The number of hydrogen-bond donors (Lipinski definition) is 0. The van der Waals surface area contributed by atoms with Crippen LogP contribution in [0, 0.1) is 11.8 Å². The van der Waals surface area contributed by atoms with Crippen molar-refractivity contribution < 1.29 is 23.8 Å². The minimum atomic E-state index is -0.644. The first-order valence-electron chi connectivity index (χ1n) is 9.09. The third kappa shape index (κ3) is 2.47. The number of rotatable bonds is 6. The number of likely N-dealkylation sites (tertiary alicyclic amines) is 1. The zero-order chi connectivity index (χ0) is 16.7. The molecule has 0 aromatic heterocycles. The first kappa shape index (κ1) is 16.1. The monoisotopic (exact) mass is 335 g/mol. The first-order valence-corrected chi connectivity index (χ1v) is 9.09. The summed E-state index contributed by atoms with van der Waals surface area (Å²) >= 11 is 0. The highest BCUT2D eigenvalue weighted by Crippen LogP contribution is 2.52. The summed E-state index contributed by atoms with van der Waals surface area (Å²) < 4.78 is 17.1. The van der Waals surface area contributed by atoms with Crippen LogP contribution in [0.15, 0.2) is 12.2 Å². The van der Waals surface area contributed by atoms with Gasteiger partial charge in [0.2, 0.25) is 5.91 Å². The Kier molecular flexibility index (Phi) is 4.12. The lowest BCUT2D eigenvalue weighted by atomic mass is 9.77. The van der Waals surface area contributed by atoms with Crippen molar-refractivity contribution in [3.05, 3.63) is 12.2 Å². The minimum absolute atomic E-state index is 0.00907. The van der Waals surface area contributed by atoms with Gasteiger partial charge in [-0.1, -0.05) is 25.5 Å². The molecule has 3 fully saturated rings. The number of carbonyl (C=O) groups is 2. The highest BCUT2D eigenvalue weighted by Gasteiger charge is 2.67. The molecule has 1 amide bonds. The van der Waals surface area contributed by atoms with Gasteiger partial charge in [0.05, 0.1) is 31.3 Å². The van der Waals surface area contributed by atoms with Crippen LogP contribution in [0.25, 0.3) is 0 Å². The summed E-state index contributed by atoms with van der Waals surface area (Å²) in [4.78, 5) is 27.3. The molecule has 5 atom stereocenters. The van der Waals surface area contributed by atoms with Crippen LogP contribution in [0.3, 0.4) is 0 Å². The standard InChI is InChI=1S/C18H25NO5/c1-2-3-8-23-17(21)14-13-6-7-18(24-13)11-19(16(20)15(14)18)10-12-5-4-9-22-12/h6-7,12-15H,2-5,8-11H2,1H3/t12?,13-,14?,15+,18-/m1/s1. The maximum atomic E-state index is 13.0. The van der Waals surface area contributed by atoms with Crippen LogP contribution in [0.1, 0.15) is 32.6 Å². The average Bonchev–Trinajstić information content (AvgIpc) is 3.31. The van der Waals surface area contributed by atoms with E-state index in [-0.39, 0.29) is 24.1 Å².